The van der Waals surface area contributed by atoms with E-state index in [0.29, 0.717) is 43.9 Å². The van der Waals surface area contributed by atoms with Crippen LogP contribution >= 0.6 is 23.2 Å². The lowest BCUT2D eigenvalue weighted by molar-refractivity contribution is -0.155. The van der Waals surface area contributed by atoms with Gasteiger partial charge in [0, 0.05) is 12.1 Å². The first-order valence-electron chi connectivity index (χ1n) is 17.0. The third kappa shape index (κ3) is 9.95. The van der Waals surface area contributed by atoms with Crippen LogP contribution in [0, 0.1) is 47.3 Å². The summed E-state index contributed by atoms with van der Waals surface area (Å²) in [5, 5.41) is 21.9. The van der Waals surface area contributed by atoms with Gasteiger partial charge in [0.15, 0.2) is 0 Å². The Bertz CT molecular complexity index is 1130. The Morgan fingerprint density at radius 2 is 1.19 bits per heavy atom. The number of carboxylic acids is 2. The molecule has 0 aliphatic heterocycles. The molecule has 266 valence electrons. The van der Waals surface area contributed by atoms with Gasteiger partial charge in [0.1, 0.15) is 0 Å². The number of carbonyl (C=O) groups is 5. The summed E-state index contributed by atoms with van der Waals surface area (Å²) in [6, 6.07) is -0.338. The van der Waals surface area contributed by atoms with Crippen LogP contribution in [0.2, 0.25) is 0 Å². The second kappa shape index (κ2) is 17.5. The minimum absolute atomic E-state index is 0.0730. The molecule has 1 amide bonds. The van der Waals surface area contributed by atoms with Crippen molar-refractivity contribution in [2.24, 2.45) is 47.3 Å². The van der Waals surface area contributed by atoms with E-state index in [4.69, 9.17) is 37.5 Å². The molecule has 12 unspecified atom stereocenters. The number of ether oxygens (including phenoxy) is 2. The average molecular weight is 706 g/mol. The van der Waals surface area contributed by atoms with Crippen molar-refractivity contribution in [1.29, 1.82) is 0 Å². The van der Waals surface area contributed by atoms with Crippen LogP contribution in [-0.4, -0.2) is 83.7 Å². The first kappa shape index (κ1) is 37.7. The molecule has 0 aromatic carbocycles. The van der Waals surface area contributed by atoms with Crippen LogP contribution in [0.1, 0.15) is 83.5 Å². The first-order valence-corrected chi connectivity index (χ1v) is 17.9. The second-order valence-electron chi connectivity index (χ2n) is 14.1. The average Bonchev–Trinajstić information content (AvgIpc) is 3.05. The fraction of sp³-hybridized carbons (Fsp3) is 0.848. The number of halogens is 2. The highest BCUT2D eigenvalue weighted by Crippen LogP contribution is 2.40. The summed E-state index contributed by atoms with van der Waals surface area (Å²) in [5.74, 6) is -5.51. The molecule has 4 saturated carbocycles. The SMILES string of the molecule is COC(=O)C1CCC(C(=O)O)C(CONC2CCC(CC3CCC(NC(=O)C4CC(C(=O)OC)CCC4C(=O)O)C(Cl)C3)CC2Cl)C1. The third-order valence-corrected chi connectivity index (χ3v) is 12.1. The van der Waals surface area contributed by atoms with Crippen LogP contribution in [0.25, 0.3) is 0 Å². The molecule has 47 heavy (non-hydrogen) atoms. The Balaban J connectivity index is 1.19. The van der Waals surface area contributed by atoms with Crippen molar-refractivity contribution in [3.05, 3.63) is 0 Å². The minimum Gasteiger partial charge on any atom is -0.481 e. The fourth-order valence-electron chi connectivity index (χ4n) is 8.43. The number of aliphatic carboxylic acids is 2. The van der Waals surface area contributed by atoms with E-state index in [0.717, 1.165) is 38.5 Å². The molecule has 0 heterocycles. The van der Waals surface area contributed by atoms with Gasteiger partial charge < -0.3 is 29.8 Å². The monoisotopic (exact) mass is 704 g/mol. The molecule has 0 bridgehead atoms. The normalized spacial score (nSPS) is 37.7. The minimum atomic E-state index is -1.03. The van der Waals surface area contributed by atoms with E-state index in [2.05, 4.69) is 10.8 Å². The number of alkyl halides is 2. The lowest BCUT2D eigenvalue weighted by atomic mass is 9.73. The Hall–Kier alpha value is -2.15. The van der Waals surface area contributed by atoms with Crippen LogP contribution in [0.4, 0.5) is 0 Å². The number of carboxylic acid groups (broad SMARTS) is 2. The highest BCUT2D eigenvalue weighted by molar-refractivity contribution is 6.21. The summed E-state index contributed by atoms with van der Waals surface area (Å²) in [5.41, 5.74) is 3.08. The van der Waals surface area contributed by atoms with Gasteiger partial charge in [-0.25, -0.2) is 0 Å². The summed E-state index contributed by atoms with van der Waals surface area (Å²) in [7, 11) is 2.64. The topological polar surface area (TPSA) is 178 Å². The van der Waals surface area contributed by atoms with Crippen LogP contribution in [-0.2, 0) is 38.3 Å². The fourth-order valence-corrected chi connectivity index (χ4v) is 9.30. The molecule has 4 aliphatic carbocycles. The molecule has 4 fully saturated rings. The lowest BCUT2D eigenvalue weighted by Crippen LogP contribution is -2.50. The van der Waals surface area contributed by atoms with Gasteiger partial charge >= 0.3 is 23.9 Å². The quantitative estimate of drug-likeness (QED) is 0.130. The zero-order valence-corrected chi connectivity index (χ0v) is 28.8. The van der Waals surface area contributed by atoms with E-state index in [1.165, 1.54) is 14.2 Å². The van der Waals surface area contributed by atoms with Crippen molar-refractivity contribution in [2.75, 3.05) is 20.8 Å². The van der Waals surface area contributed by atoms with Gasteiger partial charge in [-0.15, -0.1) is 23.2 Å². The van der Waals surface area contributed by atoms with Crippen molar-refractivity contribution in [3.63, 3.8) is 0 Å². The Labute approximate surface area is 286 Å². The molecule has 4 aliphatic rings. The number of hydrogen-bond donors (Lipinski definition) is 4. The number of esters is 2. The zero-order chi connectivity index (χ0) is 34.2. The summed E-state index contributed by atoms with van der Waals surface area (Å²) >= 11 is 13.6. The summed E-state index contributed by atoms with van der Waals surface area (Å²) in [4.78, 5) is 66.8. The molecule has 0 spiro atoms. The van der Waals surface area contributed by atoms with Crippen molar-refractivity contribution in [3.8, 4) is 0 Å². The molecule has 4 rings (SSSR count). The van der Waals surface area contributed by atoms with Crippen molar-refractivity contribution in [1.82, 2.24) is 10.8 Å². The predicted molar refractivity (Wildman–Crippen MR) is 171 cm³/mol. The third-order valence-electron chi connectivity index (χ3n) is 11.2. The van der Waals surface area contributed by atoms with Gasteiger partial charge in [0.05, 0.1) is 61.2 Å². The smallest absolute Gasteiger partial charge is 0.308 e. The zero-order valence-electron chi connectivity index (χ0n) is 27.2. The number of hydrogen-bond acceptors (Lipinski definition) is 9. The van der Waals surface area contributed by atoms with Crippen LogP contribution in [0.3, 0.4) is 0 Å². The van der Waals surface area contributed by atoms with E-state index >= 15 is 0 Å². The molecule has 12 nitrogen and oxygen atoms in total. The van der Waals surface area contributed by atoms with Crippen molar-refractivity contribution < 1.29 is 48.5 Å². The molecule has 0 aromatic rings. The number of hydroxylamine groups is 1. The van der Waals surface area contributed by atoms with Gasteiger partial charge in [0.2, 0.25) is 5.91 Å². The molecular formula is C33H50Cl2N2O10. The number of rotatable bonds is 12. The number of methoxy groups -OCH3 is 2. The number of carbonyl (C=O) groups excluding carboxylic acids is 3. The van der Waals surface area contributed by atoms with E-state index in [-0.39, 0.29) is 66.0 Å². The molecule has 0 aromatic heterocycles. The molecule has 0 radical (unpaired) electrons. The summed E-state index contributed by atoms with van der Waals surface area (Å²) < 4.78 is 9.71. The van der Waals surface area contributed by atoms with Gasteiger partial charge in [-0.1, -0.05) is 0 Å². The van der Waals surface area contributed by atoms with Gasteiger partial charge in [-0.3, -0.25) is 24.0 Å². The van der Waals surface area contributed by atoms with E-state index < -0.39 is 41.6 Å². The summed E-state index contributed by atoms with van der Waals surface area (Å²) in [6.45, 7) is 0.175. The van der Waals surface area contributed by atoms with Gasteiger partial charge in [-0.05, 0) is 101 Å². The molecule has 0 saturated heterocycles. The second-order valence-corrected chi connectivity index (χ2v) is 15.2. The lowest BCUT2D eigenvalue weighted by Gasteiger charge is -2.39. The van der Waals surface area contributed by atoms with Crippen molar-refractivity contribution >= 4 is 53.0 Å². The van der Waals surface area contributed by atoms with E-state index in [1.807, 2.05) is 0 Å². The maximum absolute atomic E-state index is 13.3. The van der Waals surface area contributed by atoms with Crippen molar-refractivity contribution in [2.45, 2.75) is 106 Å². The molecule has 4 N–H and O–H groups in total. The summed E-state index contributed by atoms with van der Waals surface area (Å²) in [6.07, 6.45) is 7.96. The molecule has 12 atom stereocenters. The Kier molecular flexibility index (Phi) is 14.0. The van der Waals surface area contributed by atoms with E-state index in [9.17, 15) is 34.2 Å². The Morgan fingerprint density at radius 3 is 1.72 bits per heavy atom. The highest BCUT2D eigenvalue weighted by Gasteiger charge is 2.44. The molecule has 14 heteroatoms. The maximum Gasteiger partial charge on any atom is 0.308 e. The standard InChI is InChI=1S/C33H50Cl2N2O10/c1-45-32(43)19-5-7-22(30(39)40)21(14-19)16-47-37-28-10-4-18(13-26(28)35)11-17-3-9-27(25(34)12-17)36-29(38)24-15-20(33(44)46-2)6-8-23(24)31(41)42/h17-28,37H,3-16H2,1-2H3,(H,36,38)(H,39,40)(H,41,42). The van der Waals surface area contributed by atoms with Crippen LogP contribution in [0.5, 0.6) is 0 Å². The first-order chi connectivity index (χ1) is 22.4. The predicted octanol–water partition coefficient (Wildman–Crippen LogP) is 4.15. The molecular weight excluding hydrogens is 655 g/mol. The number of nitrogens with one attached hydrogen (secondary N) is 2. The highest BCUT2D eigenvalue weighted by atomic mass is 35.5. The van der Waals surface area contributed by atoms with Crippen LogP contribution < -0.4 is 10.8 Å². The largest absolute Gasteiger partial charge is 0.481 e. The van der Waals surface area contributed by atoms with Gasteiger partial charge in [-0.2, -0.15) is 5.48 Å². The van der Waals surface area contributed by atoms with E-state index in [1.54, 1.807) is 0 Å². The van der Waals surface area contributed by atoms with Gasteiger partial charge in [0.25, 0.3) is 0 Å². The maximum atomic E-state index is 13.3. The Morgan fingerprint density at radius 1 is 0.660 bits per heavy atom. The van der Waals surface area contributed by atoms with Crippen LogP contribution in [0.15, 0.2) is 0 Å². The number of amides is 1.